The van der Waals surface area contributed by atoms with Gasteiger partial charge < -0.3 is 20.9 Å². The lowest BCUT2D eigenvalue weighted by Crippen LogP contribution is -2.21. The van der Waals surface area contributed by atoms with E-state index in [2.05, 4.69) is 25.9 Å². The second-order valence-corrected chi connectivity index (χ2v) is 8.36. The normalized spacial score (nSPS) is 11.0. The SMILES string of the molecule is CCNc1nn(CC(=O)Nc2c(C)cc(C)cc2C)c(N)c1-c1nc(-c2ccccc2C)no1. The summed E-state index contributed by atoms with van der Waals surface area (Å²) in [6.45, 7) is 10.5. The van der Waals surface area contributed by atoms with Crippen LogP contribution in [0.25, 0.3) is 22.8 Å². The number of hydrogen-bond acceptors (Lipinski definition) is 7. The van der Waals surface area contributed by atoms with E-state index in [1.807, 2.05) is 71.0 Å². The monoisotopic (exact) mass is 459 g/mol. The van der Waals surface area contributed by atoms with Crippen LogP contribution in [0.3, 0.4) is 0 Å². The Morgan fingerprint density at radius 3 is 2.47 bits per heavy atom. The minimum atomic E-state index is -0.232. The van der Waals surface area contributed by atoms with Gasteiger partial charge in [0.2, 0.25) is 11.7 Å². The highest BCUT2D eigenvalue weighted by atomic mass is 16.5. The van der Waals surface area contributed by atoms with Crippen LogP contribution in [-0.4, -0.2) is 32.4 Å². The van der Waals surface area contributed by atoms with Crippen LogP contribution in [-0.2, 0) is 11.3 Å². The molecule has 4 aromatic rings. The second kappa shape index (κ2) is 9.38. The Hall–Kier alpha value is -4.14. The molecule has 0 spiro atoms. The van der Waals surface area contributed by atoms with Crippen molar-refractivity contribution in [2.75, 3.05) is 22.9 Å². The molecule has 0 atom stereocenters. The van der Waals surface area contributed by atoms with Gasteiger partial charge in [0.15, 0.2) is 5.82 Å². The molecule has 2 heterocycles. The summed E-state index contributed by atoms with van der Waals surface area (Å²) in [5, 5.41) is 14.8. The number of carbonyl (C=O) groups is 1. The Morgan fingerprint density at radius 2 is 1.79 bits per heavy atom. The molecule has 0 saturated heterocycles. The second-order valence-electron chi connectivity index (χ2n) is 8.36. The van der Waals surface area contributed by atoms with Crippen LogP contribution in [0.15, 0.2) is 40.9 Å². The Bertz CT molecular complexity index is 1330. The molecule has 176 valence electrons. The summed E-state index contributed by atoms with van der Waals surface area (Å²) in [6.07, 6.45) is 0. The molecule has 4 N–H and O–H groups in total. The molecule has 0 aliphatic heterocycles. The first-order valence-corrected chi connectivity index (χ1v) is 11.2. The van der Waals surface area contributed by atoms with Gasteiger partial charge in [0.25, 0.3) is 5.89 Å². The number of nitrogen functional groups attached to an aromatic ring is 1. The highest BCUT2D eigenvalue weighted by molar-refractivity contribution is 5.93. The van der Waals surface area contributed by atoms with Crippen LogP contribution in [0.4, 0.5) is 17.3 Å². The standard InChI is InChI=1S/C25H29N7O2/c1-6-27-24-20(25-29-23(31-34-25)18-10-8-7-9-15(18)3)22(26)32(30-24)13-19(33)28-21-16(4)11-14(2)12-17(21)5/h7-12H,6,13,26H2,1-5H3,(H,27,30)(H,28,33). The van der Waals surface area contributed by atoms with E-state index >= 15 is 0 Å². The first-order valence-electron chi connectivity index (χ1n) is 11.2. The number of rotatable bonds is 7. The van der Waals surface area contributed by atoms with Crippen molar-refractivity contribution in [1.82, 2.24) is 19.9 Å². The topological polar surface area (TPSA) is 124 Å². The summed E-state index contributed by atoms with van der Waals surface area (Å²) in [5.74, 6) is 1.22. The van der Waals surface area contributed by atoms with Gasteiger partial charge in [-0.25, -0.2) is 4.68 Å². The molecular formula is C25H29N7O2. The van der Waals surface area contributed by atoms with Gasteiger partial charge in [-0.2, -0.15) is 10.1 Å². The number of nitrogens with one attached hydrogen (secondary N) is 2. The maximum atomic E-state index is 12.9. The number of nitrogens with zero attached hydrogens (tertiary/aromatic N) is 4. The lowest BCUT2D eigenvalue weighted by Gasteiger charge is -2.13. The molecule has 34 heavy (non-hydrogen) atoms. The molecule has 9 heteroatoms. The summed E-state index contributed by atoms with van der Waals surface area (Å²) < 4.78 is 6.99. The third-order valence-corrected chi connectivity index (χ3v) is 5.60. The minimum absolute atomic E-state index is 0.0598. The number of aryl methyl sites for hydroxylation is 4. The van der Waals surface area contributed by atoms with Gasteiger partial charge in [-0.3, -0.25) is 4.79 Å². The maximum Gasteiger partial charge on any atom is 0.265 e. The molecule has 0 aliphatic carbocycles. The van der Waals surface area contributed by atoms with Crippen molar-refractivity contribution in [3.05, 3.63) is 58.7 Å². The Balaban J connectivity index is 1.63. The van der Waals surface area contributed by atoms with Gasteiger partial charge in [0.05, 0.1) is 0 Å². The van der Waals surface area contributed by atoms with Gasteiger partial charge in [-0.15, -0.1) is 0 Å². The number of hydrogen-bond donors (Lipinski definition) is 3. The van der Waals surface area contributed by atoms with Crippen LogP contribution in [0, 0.1) is 27.7 Å². The van der Waals surface area contributed by atoms with Crippen molar-refractivity contribution in [3.8, 4) is 22.8 Å². The molecule has 0 radical (unpaired) electrons. The zero-order chi connectivity index (χ0) is 24.4. The molecule has 1 amide bonds. The highest BCUT2D eigenvalue weighted by Gasteiger charge is 2.24. The third kappa shape index (κ3) is 4.50. The lowest BCUT2D eigenvalue weighted by atomic mass is 10.1. The highest BCUT2D eigenvalue weighted by Crippen LogP contribution is 2.34. The Morgan fingerprint density at radius 1 is 1.09 bits per heavy atom. The van der Waals surface area contributed by atoms with Crippen molar-refractivity contribution >= 4 is 23.2 Å². The maximum absolute atomic E-state index is 12.9. The quantitative estimate of drug-likeness (QED) is 0.372. The molecule has 0 fully saturated rings. The smallest absolute Gasteiger partial charge is 0.265 e. The molecule has 0 saturated carbocycles. The lowest BCUT2D eigenvalue weighted by molar-refractivity contribution is -0.116. The van der Waals surface area contributed by atoms with E-state index in [0.717, 1.165) is 33.5 Å². The van der Waals surface area contributed by atoms with Gasteiger partial charge in [-0.05, 0) is 51.3 Å². The molecule has 9 nitrogen and oxygen atoms in total. The third-order valence-electron chi connectivity index (χ3n) is 5.60. The molecule has 0 unspecified atom stereocenters. The molecule has 2 aromatic heterocycles. The van der Waals surface area contributed by atoms with Crippen LogP contribution in [0.2, 0.25) is 0 Å². The first-order chi connectivity index (χ1) is 16.3. The number of benzene rings is 2. The number of amides is 1. The summed E-state index contributed by atoms with van der Waals surface area (Å²) >= 11 is 0. The van der Waals surface area contributed by atoms with E-state index in [-0.39, 0.29) is 24.2 Å². The molecule has 0 bridgehead atoms. The minimum Gasteiger partial charge on any atom is -0.383 e. The Labute approximate surface area is 198 Å². The summed E-state index contributed by atoms with van der Waals surface area (Å²) in [7, 11) is 0. The van der Waals surface area contributed by atoms with E-state index in [4.69, 9.17) is 10.3 Å². The average molecular weight is 460 g/mol. The number of carbonyl (C=O) groups excluding carboxylic acids is 1. The van der Waals surface area contributed by atoms with Crippen LogP contribution >= 0.6 is 0 Å². The zero-order valence-electron chi connectivity index (χ0n) is 20.1. The number of anilines is 3. The fraction of sp³-hybridized carbons (Fsp3) is 0.280. The van der Waals surface area contributed by atoms with Crippen molar-refractivity contribution in [2.45, 2.75) is 41.2 Å². The fourth-order valence-electron chi connectivity index (χ4n) is 4.05. The van der Waals surface area contributed by atoms with Crippen LogP contribution in [0.1, 0.15) is 29.2 Å². The van der Waals surface area contributed by atoms with Gasteiger partial charge in [-0.1, -0.05) is 47.1 Å². The fourth-order valence-corrected chi connectivity index (χ4v) is 4.05. The first kappa shape index (κ1) is 23.0. The molecule has 0 aliphatic rings. The summed E-state index contributed by atoms with van der Waals surface area (Å²) in [5.41, 5.74) is 12.7. The molecular weight excluding hydrogens is 430 g/mol. The summed E-state index contributed by atoms with van der Waals surface area (Å²) in [6, 6.07) is 11.9. The predicted octanol–water partition coefficient (Wildman–Crippen LogP) is 4.49. The van der Waals surface area contributed by atoms with Gasteiger partial charge in [0.1, 0.15) is 17.9 Å². The average Bonchev–Trinajstić information content (AvgIpc) is 3.36. The zero-order valence-corrected chi connectivity index (χ0v) is 20.1. The predicted molar refractivity (Wildman–Crippen MR) is 134 cm³/mol. The molecule has 4 rings (SSSR count). The van der Waals surface area contributed by atoms with E-state index in [9.17, 15) is 4.79 Å². The van der Waals surface area contributed by atoms with Crippen LogP contribution < -0.4 is 16.4 Å². The van der Waals surface area contributed by atoms with E-state index in [1.165, 1.54) is 4.68 Å². The van der Waals surface area contributed by atoms with Crippen molar-refractivity contribution in [3.63, 3.8) is 0 Å². The number of nitrogens with two attached hydrogens (primary N) is 1. The van der Waals surface area contributed by atoms with E-state index in [0.29, 0.717) is 23.8 Å². The van der Waals surface area contributed by atoms with E-state index < -0.39 is 0 Å². The molecule has 2 aromatic carbocycles. The number of aromatic nitrogens is 4. The van der Waals surface area contributed by atoms with Crippen molar-refractivity contribution < 1.29 is 9.32 Å². The van der Waals surface area contributed by atoms with Crippen molar-refractivity contribution in [1.29, 1.82) is 0 Å². The largest absolute Gasteiger partial charge is 0.383 e. The Kier molecular flexibility index (Phi) is 6.36. The van der Waals surface area contributed by atoms with Crippen LogP contribution in [0.5, 0.6) is 0 Å². The summed E-state index contributed by atoms with van der Waals surface area (Å²) in [4.78, 5) is 17.4. The van der Waals surface area contributed by atoms with Gasteiger partial charge >= 0.3 is 0 Å². The van der Waals surface area contributed by atoms with Crippen molar-refractivity contribution in [2.24, 2.45) is 0 Å². The van der Waals surface area contributed by atoms with E-state index in [1.54, 1.807) is 0 Å². The van der Waals surface area contributed by atoms with Gasteiger partial charge in [0, 0.05) is 17.8 Å².